The number of nitriles is 1. The second kappa shape index (κ2) is 8.96. The number of benzene rings is 1. The van der Waals surface area contributed by atoms with Gasteiger partial charge in [0.1, 0.15) is 10.4 Å². The van der Waals surface area contributed by atoms with Crippen molar-refractivity contribution < 1.29 is 21.6 Å². The molecule has 2 heterocycles. The number of anilines is 2. The topological polar surface area (TPSA) is 109 Å². The molecule has 12 heteroatoms. The van der Waals surface area contributed by atoms with E-state index < -0.39 is 25.8 Å². The molecule has 0 bridgehead atoms. The third-order valence-electron chi connectivity index (χ3n) is 5.66. The third kappa shape index (κ3) is 4.63. The number of sulfone groups is 1. The summed E-state index contributed by atoms with van der Waals surface area (Å²) in [6.07, 6.45) is 7.33. The monoisotopic (exact) mass is 507 g/mol. The van der Waals surface area contributed by atoms with Crippen LogP contribution < -0.4 is 5.32 Å². The van der Waals surface area contributed by atoms with Gasteiger partial charge in [-0.05, 0) is 49.1 Å². The number of hydrogen-bond acceptors (Lipinski definition) is 8. The minimum absolute atomic E-state index is 0.280. The molecule has 1 aliphatic rings. The number of nitrogens with zero attached hydrogens (tertiary/aromatic N) is 4. The van der Waals surface area contributed by atoms with Crippen molar-refractivity contribution in [2.45, 2.75) is 55.0 Å². The van der Waals surface area contributed by atoms with Crippen LogP contribution in [-0.2, 0) is 15.3 Å². The minimum Gasteiger partial charge on any atom is -0.324 e. The number of rotatable bonds is 5. The molecule has 178 valence electrons. The summed E-state index contributed by atoms with van der Waals surface area (Å²) in [5, 5.41) is 12.3. The molecule has 0 amide bonds. The Balaban J connectivity index is 1.63. The Bertz CT molecular complexity index is 1360. The lowest BCUT2D eigenvalue weighted by atomic mass is 9.76. The van der Waals surface area contributed by atoms with Crippen LogP contribution in [0.1, 0.15) is 42.7 Å². The molecule has 1 aromatic carbocycles. The maximum atomic E-state index is 12.9. The van der Waals surface area contributed by atoms with Crippen LogP contribution in [0.15, 0.2) is 41.7 Å². The van der Waals surface area contributed by atoms with Crippen molar-refractivity contribution in [1.82, 2.24) is 15.0 Å². The van der Waals surface area contributed by atoms with E-state index in [2.05, 4.69) is 26.3 Å². The molecule has 0 unspecified atom stereocenters. The van der Waals surface area contributed by atoms with Crippen molar-refractivity contribution in [2.75, 3.05) is 5.32 Å². The molecule has 34 heavy (non-hydrogen) atoms. The van der Waals surface area contributed by atoms with Gasteiger partial charge in [0.2, 0.25) is 5.95 Å². The molecular formula is C22H20F3N5O2S2. The zero-order chi connectivity index (χ0) is 24.6. The summed E-state index contributed by atoms with van der Waals surface area (Å²) >= 11 is 1.45. The number of aryl methyl sites for hydroxylation is 1. The Kier molecular flexibility index (Phi) is 6.35. The van der Waals surface area contributed by atoms with Crippen LogP contribution in [-0.4, -0.2) is 28.9 Å². The standard InChI is InChI=1S/C22H20F3N5O2S2/c1-14-9-15(17-12-28-19(33-17)21(13-26)6-3-2-4-7-21)11-16(10-14)29-20-27-8-5-18(30-20)34(31,32)22(23,24)25/h5,8-12H,2-4,6-7H2,1H3,(H,27,29,30). The van der Waals surface area contributed by atoms with Gasteiger partial charge in [0.15, 0.2) is 5.03 Å². The molecule has 1 aliphatic carbocycles. The Morgan fingerprint density at radius 3 is 2.56 bits per heavy atom. The fourth-order valence-electron chi connectivity index (χ4n) is 3.95. The van der Waals surface area contributed by atoms with Crippen molar-refractivity contribution >= 4 is 32.8 Å². The van der Waals surface area contributed by atoms with E-state index in [-0.39, 0.29) is 5.95 Å². The van der Waals surface area contributed by atoms with Gasteiger partial charge in [-0.25, -0.2) is 23.4 Å². The lowest BCUT2D eigenvalue weighted by Gasteiger charge is -2.28. The molecule has 0 saturated heterocycles. The molecule has 1 fully saturated rings. The highest BCUT2D eigenvalue weighted by Crippen LogP contribution is 2.42. The second-order valence-electron chi connectivity index (χ2n) is 8.16. The van der Waals surface area contributed by atoms with E-state index in [1.807, 2.05) is 13.0 Å². The van der Waals surface area contributed by atoms with Crippen LogP contribution in [0.5, 0.6) is 0 Å². The molecule has 0 radical (unpaired) electrons. The zero-order valence-electron chi connectivity index (χ0n) is 18.1. The van der Waals surface area contributed by atoms with Gasteiger partial charge in [-0.1, -0.05) is 25.3 Å². The summed E-state index contributed by atoms with van der Waals surface area (Å²) in [7, 11) is -5.59. The van der Waals surface area contributed by atoms with E-state index in [0.717, 1.165) is 59.3 Å². The Morgan fingerprint density at radius 2 is 1.88 bits per heavy atom. The Morgan fingerprint density at radius 1 is 1.15 bits per heavy atom. The molecule has 7 nitrogen and oxygen atoms in total. The van der Waals surface area contributed by atoms with Crippen LogP contribution in [0, 0.1) is 18.3 Å². The first-order valence-electron chi connectivity index (χ1n) is 10.5. The van der Waals surface area contributed by atoms with Crippen LogP contribution >= 0.6 is 11.3 Å². The number of hydrogen-bond donors (Lipinski definition) is 1. The van der Waals surface area contributed by atoms with Gasteiger partial charge in [-0.3, -0.25) is 0 Å². The Labute approximate surface area is 198 Å². The largest absolute Gasteiger partial charge is 0.503 e. The molecule has 1 saturated carbocycles. The second-order valence-corrected chi connectivity index (χ2v) is 11.1. The number of thiazole rings is 1. The molecule has 0 aliphatic heterocycles. The molecule has 3 aromatic rings. The maximum Gasteiger partial charge on any atom is 0.503 e. The number of halogens is 3. The molecule has 0 atom stereocenters. The van der Waals surface area contributed by atoms with E-state index in [1.165, 1.54) is 11.3 Å². The van der Waals surface area contributed by atoms with E-state index in [4.69, 9.17) is 0 Å². The van der Waals surface area contributed by atoms with Crippen molar-refractivity contribution in [2.24, 2.45) is 0 Å². The molecule has 4 rings (SSSR count). The molecule has 0 spiro atoms. The fourth-order valence-corrected chi connectivity index (χ4v) is 5.74. The van der Waals surface area contributed by atoms with Crippen LogP contribution in [0.25, 0.3) is 10.4 Å². The maximum absolute atomic E-state index is 12.9. The number of alkyl halides is 3. The minimum atomic E-state index is -5.59. The number of nitrogens with one attached hydrogen (secondary N) is 1. The van der Waals surface area contributed by atoms with E-state index in [0.29, 0.717) is 11.8 Å². The van der Waals surface area contributed by atoms with Crippen LogP contribution in [0.3, 0.4) is 0 Å². The summed E-state index contributed by atoms with van der Waals surface area (Å²) < 4.78 is 61.9. The normalized spacial score (nSPS) is 16.1. The highest BCUT2D eigenvalue weighted by atomic mass is 32.2. The lowest BCUT2D eigenvalue weighted by molar-refractivity contribution is -0.0438. The molecule has 1 N–H and O–H groups in total. The van der Waals surface area contributed by atoms with E-state index in [1.54, 1.807) is 18.3 Å². The van der Waals surface area contributed by atoms with E-state index >= 15 is 0 Å². The van der Waals surface area contributed by atoms with Gasteiger partial charge in [0.25, 0.3) is 9.84 Å². The molecular weight excluding hydrogens is 487 g/mol. The summed E-state index contributed by atoms with van der Waals surface area (Å²) in [4.78, 5) is 12.8. The van der Waals surface area contributed by atoms with Gasteiger partial charge in [-0.2, -0.15) is 18.4 Å². The van der Waals surface area contributed by atoms with Crippen molar-refractivity contribution in [3.05, 3.63) is 47.2 Å². The van der Waals surface area contributed by atoms with Crippen LogP contribution in [0.4, 0.5) is 24.8 Å². The van der Waals surface area contributed by atoms with E-state index in [9.17, 15) is 26.9 Å². The predicted molar refractivity (Wildman–Crippen MR) is 121 cm³/mol. The highest BCUT2D eigenvalue weighted by molar-refractivity contribution is 7.92. The number of aromatic nitrogens is 3. The lowest BCUT2D eigenvalue weighted by Crippen LogP contribution is -2.26. The quantitative estimate of drug-likeness (QED) is 0.443. The van der Waals surface area contributed by atoms with Gasteiger partial charge < -0.3 is 5.32 Å². The fraction of sp³-hybridized carbons (Fsp3) is 0.364. The summed E-state index contributed by atoms with van der Waals surface area (Å²) in [5.41, 5.74) is -3.90. The first kappa shape index (κ1) is 24.1. The van der Waals surface area contributed by atoms with Gasteiger partial charge >= 0.3 is 5.51 Å². The average Bonchev–Trinajstić information content (AvgIpc) is 3.30. The van der Waals surface area contributed by atoms with Gasteiger partial charge in [-0.15, -0.1) is 11.3 Å². The highest BCUT2D eigenvalue weighted by Gasteiger charge is 2.48. The smallest absolute Gasteiger partial charge is 0.324 e. The summed E-state index contributed by atoms with van der Waals surface area (Å²) in [5.74, 6) is -0.280. The Hall–Kier alpha value is -3.04. The van der Waals surface area contributed by atoms with Gasteiger partial charge in [0, 0.05) is 18.1 Å². The first-order valence-corrected chi connectivity index (χ1v) is 12.8. The SMILES string of the molecule is Cc1cc(Nc2nccc(S(=O)(=O)C(F)(F)F)n2)cc(-c2cnc(C3(C#N)CCCCC3)s2)c1. The van der Waals surface area contributed by atoms with Crippen LogP contribution in [0.2, 0.25) is 0 Å². The van der Waals surface area contributed by atoms with Gasteiger partial charge in [0.05, 0.1) is 10.9 Å². The summed E-state index contributed by atoms with van der Waals surface area (Å²) in [6.45, 7) is 1.85. The predicted octanol–water partition coefficient (Wildman–Crippen LogP) is 5.67. The van der Waals surface area contributed by atoms with Crippen molar-refractivity contribution in [1.29, 1.82) is 5.26 Å². The zero-order valence-corrected chi connectivity index (χ0v) is 19.7. The van der Waals surface area contributed by atoms with Crippen molar-refractivity contribution in [3.63, 3.8) is 0 Å². The summed E-state index contributed by atoms with van der Waals surface area (Å²) in [6, 6.07) is 8.58. The first-order chi connectivity index (χ1) is 16.0. The molecule has 2 aromatic heterocycles. The third-order valence-corrected chi connectivity index (χ3v) is 8.30. The average molecular weight is 508 g/mol. The van der Waals surface area contributed by atoms with Crippen molar-refractivity contribution in [3.8, 4) is 16.5 Å².